The molecule has 19 heavy (non-hydrogen) atoms. The topological polar surface area (TPSA) is 46.9 Å². The highest BCUT2D eigenvalue weighted by atomic mass is 32.1. The van der Waals surface area contributed by atoms with Crippen LogP contribution in [0.5, 0.6) is 0 Å². The van der Waals surface area contributed by atoms with Crippen molar-refractivity contribution in [2.75, 3.05) is 6.54 Å². The molecule has 0 unspecified atom stereocenters. The molecule has 1 aliphatic rings. The summed E-state index contributed by atoms with van der Waals surface area (Å²) in [6.07, 6.45) is 6.80. The lowest BCUT2D eigenvalue weighted by atomic mass is 10.1. The molecule has 0 spiro atoms. The van der Waals surface area contributed by atoms with Crippen molar-refractivity contribution in [1.29, 1.82) is 0 Å². The first-order valence-electron chi connectivity index (χ1n) is 6.61. The van der Waals surface area contributed by atoms with E-state index in [9.17, 15) is 4.79 Å². The Labute approximate surface area is 116 Å². The van der Waals surface area contributed by atoms with Crippen molar-refractivity contribution in [3.8, 4) is 0 Å². The molecule has 100 valence electrons. The van der Waals surface area contributed by atoms with Gasteiger partial charge in [-0.15, -0.1) is 0 Å². The fourth-order valence-corrected chi connectivity index (χ4v) is 2.87. The van der Waals surface area contributed by atoms with Crippen molar-refractivity contribution in [1.82, 2.24) is 15.1 Å². The third-order valence-electron chi connectivity index (χ3n) is 3.44. The van der Waals surface area contributed by atoms with Crippen LogP contribution in [0, 0.1) is 5.92 Å². The van der Waals surface area contributed by atoms with Gasteiger partial charge in [-0.05, 0) is 47.2 Å². The second-order valence-corrected chi connectivity index (χ2v) is 5.79. The number of hydrogen-bond acceptors (Lipinski definition) is 3. The third-order valence-corrected chi connectivity index (χ3v) is 4.14. The van der Waals surface area contributed by atoms with Gasteiger partial charge in [-0.1, -0.05) is 0 Å². The van der Waals surface area contributed by atoms with Crippen LogP contribution < -0.4 is 5.32 Å². The molecule has 2 aromatic rings. The molecule has 0 saturated heterocycles. The average Bonchev–Trinajstić information content (AvgIpc) is 2.89. The Hall–Kier alpha value is -1.62. The molecule has 4 nitrogen and oxygen atoms in total. The van der Waals surface area contributed by atoms with Crippen molar-refractivity contribution >= 4 is 17.2 Å². The van der Waals surface area contributed by atoms with Gasteiger partial charge < -0.3 is 5.32 Å². The zero-order chi connectivity index (χ0) is 13.1. The van der Waals surface area contributed by atoms with E-state index in [-0.39, 0.29) is 11.9 Å². The number of rotatable bonds is 6. The predicted octanol–water partition coefficient (Wildman–Crippen LogP) is 2.45. The van der Waals surface area contributed by atoms with E-state index >= 15 is 0 Å². The summed E-state index contributed by atoms with van der Waals surface area (Å²) < 4.78 is 1.90. The van der Waals surface area contributed by atoms with E-state index in [1.165, 1.54) is 18.4 Å². The van der Waals surface area contributed by atoms with Gasteiger partial charge in [0.25, 0.3) is 0 Å². The van der Waals surface area contributed by atoms with Crippen molar-refractivity contribution in [3.05, 3.63) is 40.8 Å². The minimum atomic E-state index is 0.0874. The lowest BCUT2D eigenvalue weighted by Crippen LogP contribution is -2.31. The molecular formula is C14H17N3OS. The zero-order valence-electron chi connectivity index (χ0n) is 10.7. The Morgan fingerprint density at radius 2 is 2.47 bits per heavy atom. The first-order valence-corrected chi connectivity index (χ1v) is 7.55. The molecule has 0 radical (unpaired) electrons. The van der Waals surface area contributed by atoms with Crippen LogP contribution in [-0.4, -0.2) is 22.2 Å². The standard InChI is InChI=1S/C14H17N3OS/c18-14(8-11-2-3-11)15-9-13(12-4-7-19-10-12)17-6-1-5-16-17/h1,4-7,10-11,13H,2-3,8-9H2,(H,15,18)/t13-/m0/s1. The molecule has 5 heteroatoms. The Balaban J connectivity index is 1.64. The van der Waals surface area contributed by atoms with Crippen LogP contribution in [-0.2, 0) is 4.79 Å². The van der Waals surface area contributed by atoms with Crippen LogP contribution >= 0.6 is 11.3 Å². The van der Waals surface area contributed by atoms with Gasteiger partial charge in [-0.25, -0.2) is 0 Å². The van der Waals surface area contributed by atoms with E-state index in [0.29, 0.717) is 18.9 Å². The minimum Gasteiger partial charge on any atom is -0.354 e. The Morgan fingerprint density at radius 3 is 3.11 bits per heavy atom. The minimum absolute atomic E-state index is 0.0874. The van der Waals surface area contributed by atoms with Crippen molar-refractivity contribution in [3.63, 3.8) is 0 Å². The van der Waals surface area contributed by atoms with E-state index in [1.807, 2.05) is 16.9 Å². The largest absolute Gasteiger partial charge is 0.354 e. The summed E-state index contributed by atoms with van der Waals surface area (Å²) in [5, 5.41) is 11.5. The van der Waals surface area contributed by atoms with Crippen LogP contribution in [0.4, 0.5) is 0 Å². The number of thiophene rings is 1. The lowest BCUT2D eigenvalue weighted by Gasteiger charge is -2.17. The highest BCUT2D eigenvalue weighted by Gasteiger charge is 2.25. The first kappa shape index (κ1) is 12.4. The SMILES string of the molecule is O=C(CC1CC1)NC[C@@H](c1ccsc1)n1cccn1. The number of hydrogen-bond donors (Lipinski definition) is 1. The summed E-state index contributed by atoms with van der Waals surface area (Å²) in [5.74, 6) is 0.791. The monoisotopic (exact) mass is 275 g/mol. The van der Waals surface area contributed by atoms with E-state index in [1.54, 1.807) is 17.5 Å². The van der Waals surface area contributed by atoms with Gasteiger partial charge in [-0.3, -0.25) is 9.48 Å². The third kappa shape index (κ3) is 3.23. The summed E-state index contributed by atoms with van der Waals surface area (Å²) >= 11 is 1.67. The molecule has 0 bridgehead atoms. The lowest BCUT2D eigenvalue weighted by molar-refractivity contribution is -0.121. The fraction of sp³-hybridized carbons (Fsp3) is 0.429. The number of nitrogens with zero attached hydrogens (tertiary/aromatic N) is 2. The van der Waals surface area contributed by atoms with Crippen LogP contribution in [0.2, 0.25) is 0 Å². The van der Waals surface area contributed by atoms with Gasteiger partial charge >= 0.3 is 0 Å². The molecule has 1 fully saturated rings. The number of nitrogens with one attached hydrogen (secondary N) is 1. The van der Waals surface area contributed by atoms with Crippen LogP contribution in [0.3, 0.4) is 0 Å². The molecular weight excluding hydrogens is 258 g/mol. The Bertz CT molecular complexity index is 483. The quantitative estimate of drug-likeness (QED) is 0.880. The van der Waals surface area contributed by atoms with Gasteiger partial charge in [0.1, 0.15) is 0 Å². The van der Waals surface area contributed by atoms with Gasteiger partial charge in [0.05, 0.1) is 6.04 Å². The summed E-state index contributed by atoms with van der Waals surface area (Å²) in [4.78, 5) is 11.8. The van der Waals surface area contributed by atoms with Crippen molar-refractivity contribution in [2.24, 2.45) is 5.92 Å². The highest BCUT2D eigenvalue weighted by Crippen LogP contribution is 2.32. The summed E-state index contributed by atoms with van der Waals surface area (Å²) in [5.41, 5.74) is 1.19. The zero-order valence-corrected chi connectivity index (χ0v) is 11.5. The molecule has 0 aromatic carbocycles. The second kappa shape index (κ2) is 5.57. The maximum Gasteiger partial charge on any atom is 0.220 e. The predicted molar refractivity (Wildman–Crippen MR) is 75.0 cm³/mol. The smallest absolute Gasteiger partial charge is 0.220 e. The molecule has 1 atom stereocenters. The van der Waals surface area contributed by atoms with E-state index < -0.39 is 0 Å². The van der Waals surface area contributed by atoms with Gasteiger partial charge in [0.15, 0.2) is 0 Å². The summed E-state index contributed by atoms with van der Waals surface area (Å²) in [6, 6.07) is 4.08. The molecule has 1 aliphatic carbocycles. The average molecular weight is 275 g/mol. The number of amides is 1. The highest BCUT2D eigenvalue weighted by molar-refractivity contribution is 7.07. The maximum atomic E-state index is 11.8. The Morgan fingerprint density at radius 1 is 1.58 bits per heavy atom. The fourth-order valence-electron chi connectivity index (χ4n) is 2.16. The van der Waals surface area contributed by atoms with Gasteiger partial charge in [-0.2, -0.15) is 16.4 Å². The molecule has 1 amide bonds. The van der Waals surface area contributed by atoms with Crippen molar-refractivity contribution < 1.29 is 4.79 Å². The number of aromatic nitrogens is 2. The molecule has 3 rings (SSSR count). The van der Waals surface area contributed by atoms with E-state index in [2.05, 4.69) is 27.2 Å². The molecule has 2 aromatic heterocycles. The number of carbonyl (C=O) groups is 1. The van der Waals surface area contributed by atoms with E-state index in [0.717, 1.165) is 0 Å². The molecule has 2 heterocycles. The van der Waals surface area contributed by atoms with Crippen LogP contribution in [0.25, 0.3) is 0 Å². The van der Waals surface area contributed by atoms with Gasteiger partial charge in [0, 0.05) is 25.4 Å². The van der Waals surface area contributed by atoms with Crippen molar-refractivity contribution in [2.45, 2.75) is 25.3 Å². The second-order valence-electron chi connectivity index (χ2n) is 5.01. The van der Waals surface area contributed by atoms with Crippen LogP contribution in [0.1, 0.15) is 30.9 Å². The summed E-state index contributed by atoms with van der Waals surface area (Å²) in [6.45, 7) is 0.601. The maximum absolute atomic E-state index is 11.8. The summed E-state index contributed by atoms with van der Waals surface area (Å²) in [7, 11) is 0. The normalized spacial score (nSPS) is 16.2. The van der Waals surface area contributed by atoms with Crippen LogP contribution in [0.15, 0.2) is 35.3 Å². The molecule has 0 aliphatic heterocycles. The van der Waals surface area contributed by atoms with Gasteiger partial charge in [0.2, 0.25) is 5.91 Å². The molecule has 1 N–H and O–H groups in total. The number of carbonyl (C=O) groups excluding carboxylic acids is 1. The first-order chi connectivity index (χ1) is 9.33. The molecule has 1 saturated carbocycles. The Kier molecular flexibility index (Phi) is 3.64. The van der Waals surface area contributed by atoms with E-state index in [4.69, 9.17) is 0 Å².